The van der Waals surface area contributed by atoms with Crippen LogP contribution in [-0.2, 0) is 21.8 Å². The molecule has 0 radical (unpaired) electrons. The molecule has 170 valence electrons. The van der Waals surface area contributed by atoms with Crippen molar-refractivity contribution in [1.82, 2.24) is 10.2 Å². The van der Waals surface area contributed by atoms with E-state index in [4.69, 9.17) is 21.8 Å². The van der Waals surface area contributed by atoms with E-state index < -0.39 is 15.9 Å². The minimum Gasteiger partial charge on any atom is -0.420 e. The molecule has 2 aromatic carbocycles. The van der Waals surface area contributed by atoms with Crippen molar-refractivity contribution in [3.63, 3.8) is 0 Å². The second kappa shape index (κ2) is 8.17. The van der Waals surface area contributed by atoms with Crippen molar-refractivity contribution in [3.8, 4) is 11.5 Å². The molecular formula is C23H27ClN4O3S. The Morgan fingerprint density at radius 3 is 2.50 bits per heavy atom. The van der Waals surface area contributed by atoms with E-state index in [-0.39, 0.29) is 16.1 Å². The van der Waals surface area contributed by atoms with Gasteiger partial charge < -0.3 is 15.1 Å². The molecule has 0 aliphatic carbocycles. The summed E-state index contributed by atoms with van der Waals surface area (Å²) in [5.74, 6) is 0.784. The van der Waals surface area contributed by atoms with Crippen molar-refractivity contribution in [2.24, 2.45) is 5.73 Å². The molecule has 1 aromatic heterocycles. The summed E-state index contributed by atoms with van der Waals surface area (Å²) < 4.78 is 32.2. The van der Waals surface area contributed by atoms with Gasteiger partial charge in [0.25, 0.3) is 0 Å². The van der Waals surface area contributed by atoms with E-state index in [1.165, 1.54) is 0 Å². The maximum atomic E-state index is 13.1. The Morgan fingerprint density at radius 1 is 1.19 bits per heavy atom. The molecular weight excluding hydrogens is 448 g/mol. The standard InChI is InChI=1S/C23H27ClN4O3S/c1-14-9-20-19(10-18(14)21-26-27-22(31-21)23(2,3)4)28(12-17(25)13-32(20,29)30)11-15-5-7-16(24)8-6-15/h5-10,17H,11-13,25H2,1-4H3/t17-/m1/s1. The Hall–Kier alpha value is -2.42. The van der Waals surface area contributed by atoms with Crippen molar-refractivity contribution < 1.29 is 12.8 Å². The van der Waals surface area contributed by atoms with Crippen LogP contribution in [0.25, 0.3) is 11.5 Å². The summed E-state index contributed by atoms with van der Waals surface area (Å²) >= 11 is 6.03. The second-order valence-corrected chi connectivity index (χ2v) is 11.8. The molecule has 4 rings (SSSR count). The van der Waals surface area contributed by atoms with Gasteiger partial charge in [0.15, 0.2) is 9.84 Å². The number of nitrogens with two attached hydrogens (primary N) is 1. The zero-order chi connectivity index (χ0) is 23.3. The van der Waals surface area contributed by atoms with Crippen LogP contribution in [0, 0.1) is 6.92 Å². The highest BCUT2D eigenvalue weighted by molar-refractivity contribution is 7.91. The summed E-state index contributed by atoms with van der Waals surface area (Å²) in [6, 6.07) is 10.5. The molecule has 32 heavy (non-hydrogen) atoms. The Labute approximate surface area is 193 Å². The highest BCUT2D eigenvalue weighted by Gasteiger charge is 2.32. The summed E-state index contributed by atoms with van der Waals surface area (Å²) in [7, 11) is -3.55. The van der Waals surface area contributed by atoms with Crippen LogP contribution >= 0.6 is 11.6 Å². The molecule has 2 N–H and O–H groups in total. The zero-order valence-corrected chi connectivity index (χ0v) is 20.2. The number of fused-ring (bicyclic) bond motifs is 1. The maximum Gasteiger partial charge on any atom is 0.248 e. The van der Waals surface area contributed by atoms with Gasteiger partial charge in [-0.25, -0.2) is 8.42 Å². The van der Waals surface area contributed by atoms with Crippen LogP contribution in [0.4, 0.5) is 5.69 Å². The summed E-state index contributed by atoms with van der Waals surface area (Å²) in [6.07, 6.45) is 0. The first-order chi connectivity index (χ1) is 14.9. The Bertz CT molecular complexity index is 1250. The molecule has 0 amide bonds. The first kappa shape index (κ1) is 22.8. The smallest absolute Gasteiger partial charge is 0.248 e. The molecule has 0 fully saturated rings. The van der Waals surface area contributed by atoms with E-state index in [0.29, 0.717) is 41.1 Å². The summed E-state index contributed by atoms with van der Waals surface area (Å²) in [6.45, 7) is 8.73. The third-order valence-electron chi connectivity index (χ3n) is 5.45. The summed E-state index contributed by atoms with van der Waals surface area (Å²) in [5.41, 5.74) is 8.97. The SMILES string of the molecule is Cc1cc2c(cc1-c1nnc(C(C)(C)C)o1)N(Cc1ccc(Cl)cc1)C[C@@H](N)CS2(=O)=O. The Kier molecular flexibility index (Phi) is 5.81. The first-order valence-electron chi connectivity index (χ1n) is 10.4. The zero-order valence-electron chi connectivity index (χ0n) is 18.6. The molecule has 7 nitrogen and oxygen atoms in total. The number of sulfone groups is 1. The van der Waals surface area contributed by atoms with Crippen LogP contribution in [-0.4, -0.2) is 37.0 Å². The van der Waals surface area contributed by atoms with Crippen LogP contribution in [0.3, 0.4) is 0 Å². The third kappa shape index (κ3) is 4.53. The van der Waals surface area contributed by atoms with Gasteiger partial charge in [0.1, 0.15) is 0 Å². The fraction of sp³-hybridized carbons (Fsp3) is 0.391. The van der Waals surface area contributed by atoms with Crippen LogP contribution in [0.1, 0.15) is 37.8 Å². The lowest BCUT2D eigenvalue weighted by atomic mass is 9.97. The lowest BCUT2D eigenvalue weighted by Crippen LogP contribution is -2.39. The van der Waals surface area contributed by atoms with Crippen molar-refractivity contribution in [2.45, 2.75) is 50.6 Å². The predicted octanol–water partition coefficient (Wildman–Crippen LogP) is 4.12. The third-order valence-corrected chi connectivity index (χ3v) is 7.57. The average Bonchev–Trinajstić information content (AvgIpc) is 3.16. The van der Waals surface area contributed by atoms with Crippen molar-refractivity contribution in [3.05, 3.63) is 58.4 Å². The lowest BCUT2D eigenvalue weighted by Gasteiger charge is -2.27. The van der Waals surface area contributed by atoms with Crippen molar-refractivity contribution in [2.75, 3.05) is 17.2 Å². The van der Waals surface area contributed by atoms with Gasteiger partial charge in [-0.2, -0.15) is 0 Å². The molecule has 0 saturated heterocycles. The maximum absolute atomic E-state index is 13.1. The van der Waals surface area contributed by atoms with Gasteiger partial charge in [0.2, 0.25) is 11.8 Å². The Morgan fingerprint density at radius 2 is 1.88 bits per heavy atom. The van der Waals surface area contributed by atoms with Crippen LogP contribution in [0.15, 0.2) is 45.7 Å². The number of aromatic nitrogens is 2. The van der Waals surface area contributed by atoms with Gasteiger partial charge in [-0.15, -0.1) is 10.2 Å². The summed E-state index contributed by atoms with van der Waals surface area (Å²) in [4.78, 5) is 2.27. The molecule has 0 bridgehead atoms. The number of hydrogen-bond donors (Lipinski definition) is 1. The van der Waals surface area contributed by atoms with Gasteiger partial charge >= 0.3 is 0 Å². The molecule has 2 heterocycles. The van der Waals surface area contributed by atoms with E-state index in [9.17, 15) is 8.42 Å². The highest BCUT2D eigenvalue weighted by Crippen LogP contribution is 2.37. The molecule has 1 aliphatic rings. The molecule has 1 aliphatic heterocycles. The number of rotatable bonds is 3. The largest absolute Gasteiger partial charge is 0.420 e. The van der Waals surface area contributed by atoms with Gasteiger partial charge in [-0.3, -0.25) is 0 Å². The molecule has 0 saturated carbocycles. The van der Waals surface area contributed by atoms with Crippen LogP contribution < -0.4 is 10.6 Å². The molecule has 0 spiro atoms. The highest BCUT2D eigenvalue weighted by atomic mass is 35.5. The minimum absolute atomic E-state index is 0.107. The number of anilines is 1. The fourth-order valence-corrected chi connectivity index (χ4v) is 5.64. The average molecular weight is 475 g/mol. The molecule has 0 unspecified atom stereocenters. The van der Waals surface area contributed by atoms with Gasteiger partial charge in [-0.1, -0.05) is 44.5 Å². The number of hydrogen-bond acceptors (Lipinski definition) is 7. The normalized spacial score (nSPS) is 18.3. The number of nitrogens with zero attached hydrogens (tertiary/aromatic N) is 3. The quantitative estimate of drug-likeness (QED) is 0.609. The van der Waals surface area contributed by atoms with E-state index in [1.54, 1.807) is 6.07 Å². The van der Waals surface area contributed by atoms with E-state index in [2.05, 4.69) is 10.2 Å². The monoisotopic (exact) mass is 474 g/mol. The molecule has 9 heteroatoms. The number of benzene rings is 2. The number of halogens is 1. The van der Waals surface area contributed by atoms with Crippen LogP contribution in [0.5, 0.6) is 0 Å². The predicted molar refractivity (Wildman–Crippen MR) is 126 cm³/mol. The Balaban J connectivity index is 1.84. The lowest BCUT2D eigenvalue weighted by molar-refractivity contribution is 0.399. The number of aryl methyl sites for hydroxylation is 1. The van der Waals surface area contributed by atoms with Crippen molar-refractivity contribution >= 4 is 27.1 Å². The molecule has 1 atom stereocenters. The van der Waals surface area contributed by atoms with Crippen molar-refractivity contribution in [1.29, 1.82) is 0 Å². The van der Waals surface area contributed by atoms with Crippen LogP contribution in [0.2, 0.25) is 5.02 Å². The van der Waals surface area contributed by atoms with Gasteiger partial charge in [0.05, 0.1) is 16.3 Å². The first-order valence-corrected chi connectivity index (χ1v) is 12.4. The van der Waals surface area contributed by atoms with E-state index >= 15 is 0 Å². The van der Waals surface area contributed by atoms with Gasteiger partial charge in [-0.05, 0) is 42.3 Å². The van der Waals surface area contributed by atoms with E-state index in [0.717, 1.165) is 11.1 Å². The van der Waals surface area contributed by atoms with E-state index in [1.807, 2.05) is 62.9 Å². The molecule has 3 aromatic rings. The fourth-order valence-electron chi connectivity index (χ4n) is 3.80. The minimum atomic E-state index is -3.55. The summed E-state index contributed by atoms with van der Waals surface area (Å²) in [5, 5.41) is 9.07. The topological polar surface area (TPSA) is 102 Å². The van der Waals surface area contributed by atoms with Gasteiger partial charge in [0, 0.05) is 35.1 Å². The second-order valence-electron chi connectivity index (χ2n) is 9.35.